The molecule has 0 unspecified atom stereocenters. The number of sulfone groups is 1. The molecule has 6 heterocycles. The molecule has 4 aromatic heterocycles. The molecule has 0 spiro atoms. The van der Waals surface area contributed by atoms with Crippen LogP contribution in [0.25, 0.3) is 32.5 Å². The molecule has 0 radical (unpaired) electrons. The molecule has 18 nitrogen and oxygen atoms in total. The number of nitrogens with one attached hydrogen (secondary N) is 4. The van der Waals surface area contributed by atoms with Gasteiger partial charge in [0.15, 0.2) is 27.2 Å². The number of H-pyrrole nitrogens is 1. The smallest absolute Gasteiger partial charge is 0.275 e. The maximum atomic E-state index is 15.5. The van der Waals surface area contributed by atoms with Crippen LogP contribution in [0.5, 0.6) is 5.75 Å². The lowest BCUT2D eigenvalue weighted by Crippen LogP contribution is -2.58. The Morgan fingerprint density at radius 2 is 1.68 bits per heavy atom. The second-order valence-corrected chi connectivity index (χ2v) is 24.1. The normalized spacial score (nSPS) is 15.8. The Morgan fingerprint density at radius 1 is 0.974 bits per heavy atom. The van der Waals surface area contributed by atoms with Gasteiger partial charge in [0.25, 0.3) is 17.4 Å². The van der Waals surface area contributed by atoms with Crippen LogP contribution in [-0.2, 0) is 43.6 Å². The number of benzene rings is 2. The van der Waals surface area contributed by atoms with Gasteiger partial charge in [0.2, 0.25) is 11.8 Å². The number of carbonyl (C=O) groups is 4. The first kappa shape index (κ1) is 56.2. The first-order chi connectivity index (χ1) is 36.6. The second kappa shape index (κ2) is 23.7. The van der Waals surface area contributed by atoms with Crippen molar-refractivity contribution in [3.8, 4) is 27.3 Å². The van der Waals surface area contributed by atoms with E-state index in [9.17, 15) is 41.9 Å². The van der Waals surface area contributed by atoms with Crippen molar-refractivity contribution < 1.29 is 46.3 Å². The number of aromatic amines is 1. The fourth-order valence-corrected chi connectivity index (χ4v) is 11.7. The Bertz CT molecular complexity index is 3350. The van der Waals surface area contributed by atoms with Crippen LogP contribution in [0.2, 0.25) is 0 Å². The van der Waals surface area contributed by atoms with Crippen LogP contribution in [0, 0.1) is 24.0 Å². The van der Waals surface area contributed by atoms with Gasteiger partial charge >= 0.3 is 0 Å². The second-order valence-electron chi connectivity index (χ2n) is 21.1. The van der Waals surface area contributed by atoms with E-state index in [-0.39, 0.29) is 54.3 Å². The van der Waals surface area contributed by atoms with E-state index in [1.807, 2.05) is 39.8 Å². The number of aliphatic hydroxyl groups is 1. The highest BCUT2D eigenvalue weighted by Crippen LogP contribution is 2.45. The summed E-state index contributed by atoms with van der Waals surface area (Å²) >= 11 is 1.52. The SMILES string of the molecule is Cc1ncsc1-c1ccc(ONC(=O)[C@@H]2C[C@H](O)CN2C(=O)[C@@H](NC(=O)CCCCCCCCCCNC(=O)c2cc3c(cc2CS(C)(=O)=O)-c2cn(C)c(=O)c4[nH]cc(c24)CN3c2ncc(F)cc2F)C(C)(C)C)cc1. The summed E-state index contributed by atoms with van der Waals surface area (Å²) in [4.78, 5) is 88.6. The average molecular weight is 1100 g/mol. The summed E-state index contributed by atoms with van der Waals surface area (Å²) in [5.74, 6) is -4.01. The Balaban J connectivity index is 0.795. The number of likely N-dealkylation sites (tertiary alicyclic amines) is 1. The molecule has 3 atom stereocenters. The number of amides is 4. The van der Waals surface area contributed by atoms with Crippen LogP contribution in [0.15, 0.2) is 71.4 Å². The lowest BCUT2D eigenvalue weighted by molar-refractivity contribution is -0.145. The summed E-state index contributed by atoms with van der Waals surface area (Å²) in [6, 6.07) is 9.00. The third-order valence-corrected chi connectivity index (χ3v) is 15.8. The number of hydrogen-bond donors (Lipinski definition) is 5. The Labute approximate surface area is 449 Å². The molecule has 2 aliphatic heterocycles. The zero-order valence-electron chi connectivity index (χ0n) is 44.0. The minimum Gasteiger partial charge on any atom is -0.391 e. The topological polar surface area (TPSA) is 238 Å². The average Bonchev–Trinajstić information content (AvgIpc) is 4.17. The van der Waals surface area contributed by atoms with Gasteiger partial charge in [-0.15, -0.1) is 11.3 Å². The Kier molecular flexibility index (Phi) is 17.3. The number of carbonyl (C=O) groups excluding carboxylic acids is 4. The number of rotatable bonds is 21. The molecule has 2 aliphatic rings. The third kappa shape index (κ3) is 13.2. The first-order valence-corrected chi connectivity index (χ1v) is 28.7. The quantitative estimate of drug-likeness (QED) is 0.0345. The molecule has 1 saturated heterocycles. The molecular formula is C55H65F2N9O9S2. The molecular weight excluding hydrogens is 1030 g/mol. The van der Waals surface area contributed by atoms with Crippen LogP contribution in [0.4, 0.5) is 20.3 Å². The van der Waals surface area contributed by atoms with Gasteiger partial charge in [0.05, 0.1) is 46.4 Å². The number of nitrogens with zero attached hydrogens (tertiary/aromatic N) is 5. The molecule has 0 bridgehead atoms. The van der Waals surface area contributed by atoms with Crippen LogP contribution in [0.1, 0.15) is 112 Å². The molecule has 8 rings (SSSR count). The van der Waals surface area contributed by atoms with E-state index in [2.05, 4.69) is 31.1 Å². The van der Waals surface area contributed by atoms with Crippen molar-refractivity contribution in [1.29, 1.82) is 0 Å². The van der Waals surface area contributed by atoms with E-state index < -0.39 is 68.5 Å². The van der Waals surface area contributed by atoms with Gasteiger partial charge in [-0.3, -0.25) is 24.0 Å². The number of thiazole rings is 1. The fraction of sp³-hybridized carbons (Fsp3) is 0.436. The van der Waals surface area contributed by atoms with Crippen molar-refractivity contribution >= 4 is 67.2 Å². The minimum absolute atomic E-state index is 0.00869. The van der Waals surface area contributed by atoms with Crippen molar-refractivity contribution in [1.82, 2.24) is 40.5 Å². The van der Waals surface area contributed by atoms with E-state index in [4.69, 9.17) is 4.84 Å². The summed E-state index contributed by atoms with van der Waals surface area (Å²) in [7, 11) is -2.09. The molecule has 4 amide bonds. The van der Waals surface area contributed by atoms with Crippen molar-refractivity contribution in [2.45, 2.75) is 122 Å². The van der Waals surface area contributed by atoms with Gasteiger partial charge in [0.1, 0.15) is 23.4 Å². The number of β-amino-alcohol motifs (C(OH)–C–C–N with tert-alkyl or cyclic N) is 1. The van der Waals surface area contributed by atoms with Crippen molar-refractivity contribution in [3.05, 3.63) is 111 Å². The number of hydroxylamine groups is 1. The zero-order chi connectivity index (χ0) is 55.3. The monoisotopic (exact) mass is 1100 g/mol. The summed E-state index contributed by atoms with van der Waals surface area (Å²) in [5.41, 5.74) is 7.55. The lowest BCUT2D eigenvalue weighted by Gasteiger charge is -2.35. The maximum Gasteiger partial charge on any atom is 0.275 e. The molecule has 0 saturated carbocycles. The number of aliphatic hydroxyl groups excluding tert-OH is 1. The summed E-state index contributed by atoms with van der Waals surface area (Å²) in [5, 5.41) is 17.0. The molecule has 77 heavy (non-hydrogen) atoms. The van der Waals surface area contributed by atoms with Crippen LogP contribution in [-0.4, -0.2) is 99.1 Å². The van der Waals surface area contributed by atoms with E-state index in [1.165, 1.54) is 31.8 Å². The molecule has 410 valence electrons. The van der Waals surface area contributed by atoms with Gasteiger partial charge in [-0.2, -0.15) is 5.48 Å². The first-order valence-electron chi connectivity index (χ1n) is 25.7. The van der Waals surface area contributed by atoms with Crippen molar-refractivity contribution in [2.75, 3.05) is 24.2 Å². The lowest BCUT2D eigenvalue weighted by atomic mass is 9.85. The summed E-state index contributed by atoms with van der Waals surface area (Å²) < 4.78 is 56.6. The highest BCUT2D eigenvalue weighted by atomic mass is 32.2. The van der Waals surface area contributed by atoms with Crippen LogP contribution in [0.3, 0.4) is 0 Å². The maximum absolute atomic E-state index is 15.5. The predicted molar refractivity (Wildman–Crippen MR) is 290 cm³/mol. The molecule has 22 heteroatoms. The van der Waals surface area contributed by atoms with Crippen molar-refractivity contribution in [3.63, 3.8) is 0 Å². The van der Waals surface area contributed by atoms with E-state index in [0.717, 1.165) is 67.1 Å². The minimum atomic E-state index is -3.67. The molecule has 2 aromatic carbocycles. The third-order valence-electron chi connectivity index (χ3n) is 14.0. The number of pyridine rings is 2. The Morgan fingerprint density at radius 3 is 2.34 bits per heavy atom. The van der Waals surface area contributed by atoms with Crippen molar-refractivity contribution in [2.24, 2.45) is 12.5 Å². The van der Waals surface area contributed by atoms with Gasteiger partial charge in [-0.1, -0.05) is 59.3 Å². The zero-order valence-corrected chi connectivity index (χ0v) is 45.6. The van der Waals surface area contributed by atoms with Crippen LogP contribution >= 0.6 is 11.3 Å². The fourth-order valence-electron chi connectivity index (χ4n) is 10.1. The van der Waals surface area contributed by atoms with E-state index >= 15 is 4.39 Å². The highest BCUT2D eigenvalue weighted by Gasteiger charge is 2.45. The standard InChI is InChI=1S/C55H65F2N9O9S2/c1-32-48(76-31-61-32)33-16-18-38(19-17-33)75-63-52(70)44-23-37(67)28-66(44)54(72)49(55(2,3)4)62-45(68)15-13-11-9-7-8-10-12-14-20-58-51(69)39-24-43-40(21-34(39)30-77(6,73)74)41-29-64(5)53(71)47-46(41)35(25-59-47)27-65(43)50-42(57)22-36(56)26-60-50/h16-19,21-22,24-26,29,31,37,44,49,59,67H,7-15,20,23,27-28,30H2,1-6H3,(H,58,69)(H,62,68)(H,63,70)/t37-,44-,49+/m0/s1. The highest BCUT2D eigenvalue weighted by molar-refractivity contribution is 7.89. The molecule has 0 aliphatic carbocycles. The van der Waals surface area contributed by atoms with Gasteiger partial charge < -0.3 is 39.9 Å². The largest absolute Gasteiger partial charge is 0.391 e. The number of aryl methyl sites for hydroxylation is 2. The molecule has 6 aromatic rings. The number of fused-ring (bicyclic) bond motifs is 2. The number of halogens is 2. The number of aromatic nitrogens is 4. The van der Waals surface area contributed by atoms with Gasteiger partial charge in [-0.25, -0.2) is 27.2 Å². The van der Waals surface area contributed by atoms with Gasteiger partial charge in [0, 0.05) is 79.8 Å². The van der Waals surface area contributed by atoms with Crippen LogP contribution < -0.4 is 31.4 Å². The molecule has 1 fully saturated rings. The van der Waals surface area contributed by atoms with E-state index in [0.29, 0.717) is 64.5 Å². The Hall–Kier alpha value is -7.04. The summed E-state index contributed by atoms with van der Waals surface area (Å²) in [6.07, 6.45) is 11.0. The summed E-state index contributed by atoms with van der Waals surface area (Å²) in [6.45, 7) is 7.65. The van der Waals surface area contributed by atoms with Gasteiger partial charge in [-0.05, 0) is 78.3 Å². The predicted octanol–water partition coefficient (Wildman–Crippen LogP) is 7.68. The molecule has 5 N–H and O–H groups in total. The number of unbranched alkanes of at least 4 members (excludes halogenated alkanes) is 7. The number of hydrogen-bond acceptors (Lipinski definition) is 13. The van der Waals surface area contributed by atoms with E-state index in [1.54, 1.807) is 43.2 Å². The number of anilines is 2.